The lowest BCUT2D eigenvalue weighted by molar-refractivity contribution is 0.572. The smallest absolute Gasteiger partial charge is 0.159 e. The van der Waals surface area contributed by atoms with Crippen LogP contribution in [0.5, 0.6) is 0 Å². The second-order valence-corrected chi connectivity index (χ2v) is 20.1. The molecule has 0 saturated carbocycles. The first-order valence-electron chi connectivity index (χ1n) is 23.4. The number of furan rings is 2. The number of aromatic nitrogens is 1. The molecule has 67 heavy (non-hydrogen) atoms. The SMILES string of the molecule is CC(C)(C)c1cccc2c1oc1c(N(c3ccccc3)c3cccc4c3c3cccc5c6c(N(c7ccccc7)c7cccc8c7oc7c(C(C)(C)C)cccc78)cccc6n4c35)cccc12. The molecule has 9 aromatic carbocycles. The molecule has 0 atom stereocenters. The zero-order valence-electron chi connectivity index (χ0n) is 38.6. The summed E-state index contributed by atoms with van der Waals surface area (Å²) in [4.78, 5) is 4.80. The average molecular weight is 868 g/mol. The van der Waals surface area contributed by atoms with E-state index in [0.29, 0.717) is 0 Å². The fraction of sp³-hybridized carbons (Fsp3) is 0.129. The van der Waals surface area contributed by atoms with Gasteiger partial charge < -0.3 is 23.0 Å². The van der Waals surface area contributed by atoms with Crippen LogP contribution in [-0.4, -0.2) is 4.40 Å². The maximum atomic E-state index is 7.06. The van der Waals surface area contributed by atoms with Crippen molar-refractivity contribution in [3.05, 3.63) is 199 Å². The molecule has 0 fully saturated rings. The molecule has 0 bridgehead atoms. The Morgan fingerprint density at radius 2 is 0.672 bits per heavy atom. The normalized spacial score (nSPS) is 12.6. The summed E-state index contributed by atoms with van der Waals surface area (Å²) < 4.78 is 16.6. The third-order valence-corrected chi connectivity index (χ3v) is 13.9. The Balaban J connectivity index is 1.08. The van der Waals surface area contributed by atoms with Crippen molar-refractivity contribution in [1.29, 1.82) is 0 Å². The monoisotopic (exact) mass is 867 g/mol. The molecule has 4 aromatic heterocycles. The summed E-state index contributed by atoms with van der Waals surface area (Å²) in [5.74, 6) is 0. The van der Waals surface area contributed by atoms with Gasteiger partial charge in [-0.3, -0.25) is 0 Å². The predicted octanol–water partition coefficient (Wildman–Crippen LogP) is 18.2. The highest BCUT2D eigenvalue weighted by Gasteiger charge is 2.30. The first-order chi connectivity index (χ1) is 32.6. The van der Waals surface area contributed by atoms with Crippen LogP contribution in [0.25, 0.3) is 82.0 Å². The largest absolute Gasteiger partial charge is 0.454 e. The molecule has 4 heterocycles. The summed E-state index contributed by atoms with van der Waals surface area (Å²) in [5.41, 5.74) is 15.6. The number of nitrogens with zero attached hydrogens (tertiary/aromatic N) is 3. The molecule has 0 N–H and O–H groups in total. The summed E-state index contributed by atoms with van der Waals surface area (Å²) in [7, 11) is 0. The molecule has 5 heteroatoms. The van der Waals surface area contributed by atoms with Crippen LogP contribution in [-0.2, 0) is 10.8 Å². The van der Waals surface area contributed by atoms with Crippen LogP contribution in [0, 0.1) is 0 Å². The van der Waals surface area contributed by atoms with Crippen molar-refractivity contribution in [2.45, 2.75) is 52.4 Å². The number of hydrogen-bond donors (Lipinski definition) is 0. The van der Waals surface area contributed by atoms with Crippen molar-refractivity contribution in [2.24, 2.45) is 0 Å². The lowest BCUT2D eigenvalue weighted by atomic mass is 9.86. The molecule has 0 unspecified atom stereocenters. The zero-order valence-corrected chi connectivity index (χ0v) is 38.6. The quantitative estimate of drug-likeness (QED) is 0.167. The molecule has 0 amide bonds. The summed E-state index contributed by atoms with van der Waals surface area (Å²) in [6.07, 6.45) is 0. The van der Waals surface area contributed by atoms with E-state index in [2.05, 4.69) is 244 Å². The molecule has 5 nitrogen and oxygen atoms in total. The van der Waals surface area contributed by atoms with Crippen molar-refractivity contribution in [3.8, 4) is 0 Å². The van der Waals surface area contributed by atoms with Crippen LogP contribution in [0.2, 0.25) is 0 Å². The highest BCUT2D eigenvalue weighted by atomic mass is 16.3. The highest BCUT2D eigenvalue weighted by Crippen LogP contribution is 2.52. The Morgan fingerprint density at radius 1 is 0.328 bits per heavy atom. The zero-order chi connectivity index (χ0) is 45.3. The van der Waals surface area contributed by atoms with Gasteiger partial charge in [0.25, 0.3) is 0 Å². The van der Waals surface area contributed by atoms with Crippen LogP contribution >= 0.6 is 0 Å². The van der Waals surface area contributed by atoms with Gasteiger partial charge in [-0.25, -0.2) is 0 Å². The standard InChI is InChI=1S/C62H49N3O2/c1-61(2,3)46-30-14-24-40-42-26-16-36-52(59(42)66-57(40)46)63(38-20-9-7-10-21-38)48-32-18-34-50-54(48)44-28-13-29-45-55-49(33-19-35-51(55)65(50)56(44)45)64(39-22-11-8-12-23-39)53-37-17-27-43-41-25-15-31-47(62(4,5)6)58(41)67-60(43)53/h7-37H,1-6H3. The van der Waals surface area contributed by atoms with Crippen LogP contribution < -0.4 is 9.80 Å². The molecule has 324 valence electrons. The van der Waals surface area contributed by atoms with E-state index in [-0.39, 0.29) is 10.8 Å². The molecule has 0 saturated heterocycles. The Bertz CT molecular complexity index is 3810. The third-order valence-electron chi connectivity index (χ3n) is 13.9. The van der Waals surface area contributed by atoms with Gasteiger partial charge in [-0.2, -0.15) is 0 Å². The van der Waals surface area contributed by atoms with E-state index >= 15 is 0 Å². The fourth-order valence-corrected chi connectivity index (χ4v) is 11.0. The third kappa shape index (κ3) is 5.74. The van der Waals surface area contributed by atoms with Gasteiger partial charge in [-0.05, 0) is 71.5 Å². The Labute approximate surface area is 389 Å². The fourth-order valence-electron chi connectivity index (χ4n) is 11.0. The van der Waals surface area contributed by atoms with E-state index in [1.807, 2.05) is 0 Å². The Kier molecular flexibility index (Phi) is 8.36. The van der Waals surface area contributed by atoms with Gasteiger partial charge in [0.15, 0.2) is 11.2 Å². The molecule has 0 spiro atoms. The minimum Gasteiger partial charge on any atom is -0.454 e. The first kappa shape index (κ1) is 39.4. The van der Waals surface area contributed by atoms with Crippen molar-refractivity contribution in [3.63, 3.8) is 0 Å². The van der Waals surface area contributed by atoms with E-state index in [4.69, 9.17) is 8.83 Å². The molecular formula is C62H49N3O2. The van der Waals surface area contributed by atoms with E-state index in [1.54, 1.807) is 0 Å². The van der Waals surface area contributed by atoms with Gasteiger partial charge in [0, 0.05) is 65.6 Å². The van der Waals surface area contributed by atoms with Gasteiger partial charge in [0.2, 0.25) is 0 Å². The van der Waals surface area contributed by atoms with E-state index in [9.17, 15) is 0 Å². The minimum absolute atomic E-state index is 0.0866. The number of anilines is 6. The Morgan fingerprint density at radius 3 is 1.09 bits per heavy atom. The van der Waals surface area contributed by atoms with Crippen molar-refractivity contribution in [1.82, 2.24) is 4.40 Å². The lowest BCUT2D eigenvalue weighted by Gasteiger charge is -2.27. The van der Waals surface area contributed by atoms with Crippen LogP contribution in [0.1, 0.15) is 52.7 Å². The highest BCUT2D eigenvalue weighted by molar-refractivity contribution is 6.29. The second kappa shape index (κ2) is 14.2. The van der Waals surface area contributed by atoms with Crippen LogP contribution in [0.4, 0.5) is 34.1 Å². The first-order valence-corrected chi connectivity index (χ1v) is 23.4. The number of fused-ring (bicyclic) bond motifs is 12. The lowest BCUT2D eigenvalue weighted by Crippen LogP contribution is -2.11. The average Bonchev–Trinajstić information content (AvgIpc) is 4.10. The Hall–Kier alpha value is -8.02. The summed E-state index contributed by atoms with van der Waals surface area (Å²) in [6.45, 7) is 13.5. The maximum absolute atomic E-state index is 7.06. The van der Waals surface area contributed by atoms with E-state index in [1.165, 1.54) is 38.2 Å². The number of benzene rings is 9. The minimum atomic E-state index is -0.0866. The van der Waals surface area contributed by atoms with Gasteiger partial charge in [0.05, 0.1) is 39.3 Å². The molecule has 0 radical (unpaired) electrons. The summed E-state index contributed by atoms with van der Waals surface area (Å²) in [5, 5.41) is 9.24. The molecule has 13 aromatic rings. The van der Waals surface area contributed by atoms with E-state index in [0.717, 1.165) is 89.0 Å². The van der Waals surface area contributed by atoms with Gasteiger partial charge in [-0.15, -0.1) is 0 Å². The molecule has 0 aliphatic heterocycles. The summed E-state index contributed by atoms with van der Waals surface area (Å²) >= 11 is 0. The van der Waals surface area contributed by atoms with E-state index < -0.39 is 0 Å². The molecule has 0 aliphatic rings. The summed E-state index contributed by atoms with van der Waals surface area (Å²) in [6, 6.07) is 68.0. The van der Waals surface area contributed by atoms with Gasteiger partial charge >= 0.3 is 0 Å². The van der Waals surface area contributed by atoms with Crippen molar-refractivity contribution < 1.29 is 8.83 Å². The molecular weight excluding hydrogens is 819 g/mol. The molecule has 13 rings (SSSR count). The number of para-hydroxylation sites is 7. The van der Waals surface area contributed by atoms with Crippen molar-refractivity contribution in [2.75, 3.05) is 9.80 Å². The van der Waals surface area contributed by atoms with Gasteiger partial charge in [0.1, 0.15) is 11.2 Å². The number of hydrogen-bond acceptors (Lipinski definition) is 4. The predicted molar refractivity (Wildman–Crippen MR) is 282 cm³/mol. The topological polar surface area (TPSA) is 37.2 Å². The number of rotatable bonds is 6. The van der Waals surface area contributed by atoms with Crippen molar-refractivity contribution >= 4 is 116 Å². The van der Waals surface area contributed by atoms with Crippen LogP contribution in [0.3, 0.4) is 0 Å². The van der Waals surface area contributed by atoms with Gasteiger partial charge in [-0.1, -0.05) is 169 Å². The maximum Gasteiger partial charge on any atom is 0.159 e. The second-order valence-electron chi connectivity index (χ2n) is 20.1. The molecule has 0 aliphatic carbocycles. The van der Waals surface area contributed by atoms with Crippen LogP contribution in [0.15, 0.2) is 197 Å².